The fourth-order valence-electron chi connectivity index (χ4n) is 2.27. The molecule has 1 heterocycles. The SMILES string of the molecule is COc1cc2c(CCNC(=O)C(F)F)c(C(N)=O)[nH]c2cc1F. The van der Waals surface area contributed by atoms with E-state index in [9.17, 15) is 22.8 Å². The van der Waals surface area contributed by atoms with Gasteiger partial charge in [0.1, 0.15) is 5.69 Å². The fourth-order valence-corrected chi connectivity index (χ4v) is 2.27. The Balaban J connectivity index is 2.37. The number of alkyl halides is 2. The van der Waals surface area contributed by atoms with Crippen LogP contribution >= 0.6 is 0 Å². The number of aromatic amines is 1. The Morgan fingerprint density at radius 2 is 2.09 bits per heavy atom. The van der Waals surface area contributed by atoms with Gasteiger partial charge in [-0.1, -0.05) is 0 Å². The predicted octanol–water partition coefficient (Wildman–Crippen LogP) is 1.34. The number of methoxy groups -OCH3 is 1. The maximum absolute atomic E-state index is 13.7. The number of hydrogen-bond donors (Lipinski definition) is 3. The van der Waals surface area contributed by atoms with Crippen molar-refractivity contribution < 1.29 is 27.5 Å². The Labute approximate surface area is 128 Å². The highest BCUT2D eigenvalue weighted by molar-refractivity contribution is 6.00. The molecule has 0 fully saturated rings. The number of H-pyrrole nitrogens is 1. The highest BCUT2D eigenvalue weighted by atomic mass is 19.3. The zero-order valence-electron chi connectivity index (χ0n) is 12.1. The van der Waals surface area contributed by atoms with Crippen molar-refractivity contribution in [2.75, 3.05) is 13.7 Å². The third kappa shape index (κ3) is 3.38. The first-order chi connectivity index (χ1) is 10.8. The van der Waals surface area contributed by atoms with Crippen LogP contribution in [-0.4, -0.2) is 36.9 Å². The van der Waals surface area contributed by atoms with E-state index in [4.69, 9.17) is 10.5 Å². The van der Waals surface area contributed by atoms with Crippen LogP contribution in [0.4, 0.5) is 13.2 Å². The van der Waals surface area contributed by atoms with Gasteiger partial charge in [-0.15, -0.1) is 0 Å². The van der Waals surface area contributed by atoms with Crippen molar-refractivity contribution in [3.8, 4) is 5.75 Å². The molecule has 2 aromatic rings. The summed E-state index contributed by atoms with van der Waals surface area (Å²) in [4.78, 5) is 25.0. The first-order valence-corrected chi connectivity index (χ1v) is 6.59. The summed E-state index contributed by atoms with van der Waals surface area (Å²) < 4.78 is 42.9. The van der Waals surface area contributed by atoms with Crippen LogP contribution in [0.15, 0.2) is 12.1 Å². The summed E-state index contributed by atoms with van der Waals surface area (Å²) in [6.07, 6.45) is -3.06. The number of nitrogens with two attached hydrogens (primary N) is 1. The lowest BCUT2D eigenvalue weighted by Crippen LogP contribution is -2.31. The van der Waals surface area contributed by atoms with Crippen molar-refractivity contribution in [2.45, 2.75) is 12.8 Å². The molecule has 0 aliphatic carbocycles. The molecule has 6 nitrogen and oxygen atoms in total. The van der Waals surface area contributed by atoms with Gasteiger partial charge in [0.25, 0.3) is 11.8 Å². The second kappa shape index (κ2) is 6.59. The van der Waals surface area contributed by atoms with E-state index in [-0.39, 0.29) is 24.4 Å². The van der Waals surface area contributed by atoms with Crippen molar-refractivity contribution >= 4 is 22.7 Å². The zero-order valence-corrected chi connectivity index (χ0v) is 12.1. The molecule has 0 unspecified atom stereocenters. The Hall–Kier alpha value is -2.71. The van der Waals surface area contributed by atoms with Crippen molar-refractivity contribution in [1.29, 1.82) is 0 Å². The van der Waals surface area contributed by atoms with Gasteiger partial charge >= 0.3 is 6.43 Å². The molecule has 0 bridgehead atoms. The molecule has 124 valence electrons. The highest BCUT2D eigenvalue weighted by Gasteiger charge is 2.19. The van der Waals surface area contributed by atoms with Crippen molar-refractivity contribution in [3.63, 3.8) is 0 Å². The van der Waals surface area contributed by atoms with Crippen LogP contribution in [-0.2, 0) is 11.2 Å². The number of halogens is 3. The Kier molecular flexibility index (Phi) is 4.77. The first-order valence-electron chi connectivity index (χ1n) is 6.59. The molecule has 0 spiro atoms. The second-order valence-corrected chi connectivity index (χ2v) is 4.72. The molecule has 1 aromatic heterocycles. The maximum Gasteiger partial charge on any atom is 0.315 e. The van der Waals surface area contributed by atoms with Gasteiger partial charge in [-0.05, 0) is 18.1 Å². The first kappa shape index (κ1) is 16.7. The number of primary amides is 1. The number of aromatic nitrogens is 1. The standard InChI is InChI=1S/C14H14F3N3O3/c1-23-10-4-7-6(2-3-19-14(22)12(16)17)11(13(18)21)20-9(7)5-8(10)15/h4-5,12,20H,2-3H2,1H3,(H2,18,21)(H,19,22). The molecule has 9 heteroatoms. The molecule has 2 rings (SSSR count). The molecule has 4 N–H and O–H groups in total. The Morgan fingerprint density at radius 3 is 2.65 bits per heavy atom. The van der Waals surface area contributed by atoms with Crippen molar-refractivity contribution in [1.82, 2.24) is 10.3 Å². The van der Waals surface area contributed by atoms with E-state index < -0.39 is 24.1 Å². The summed E-state index contributed by atoms with van der Waals surface area (Å²) in [5.41, 5.74) is 5.99. The van der Waals surface area contributed by atoms with E-state index in [0.717, 1.165) is 6.07 Å². The molecule has 0 saturated heterocycles. The molecular formula is C14H14F3N3O3. The topological polar surface area (TPSA) is 97.2 Å². The third-order valence-corrected chi connectivity index (χ3v) is 3.30. The van der Waals surface area contributed by atoms with Gasteiger partial charge < -0.3 is 20.8 Å². The van der Waals surface area contributed by atoms with Crippen LogP contribution in [0.25, 0.3) is 10.9 Å². The average molecular weight is 329 g/mol. The van der Waals surface area contributed by atoms with Crippen molar-refractivity contribution in [3.05, 3.63) is 29.2 Å². The average Bonchev–Trinajstić information content (AvgIpc) is 2.84. The zero-order chi connectivity index (χ0) is 17.1. The lowest BCUT2D eigenvalue weighted by atomic mass is 10.1. The van der Waals surface area contributed by atoms with Crippen LogP contribution in [0, 0.1) is 5.82 Å². The van der Waals surface area contributed by atoms with E-state index in [2.05, 4.69) is 4.98 Å². The molecule has 0 aliphatic rings. The van der Waals surface area contributed by atoms with Gasteiger partial charge in [0.2, 0.25) is 0 Å². The minimum absolute atomic E-state index is 0.0268. The summed E-state index contributed by atoms with van der Waals surface area (Å²) in [5.74, 6) is -2.86. The van der Waals surface area contributed by atoms with Gasteiger partial charge in [0, 0.05) is 23.5 Å². The van der Waals surface area contributed by atoms with Crippen LogP contribution < -0.4 is 15.8 Å². The molecule has 0 aliphatic heterocycles. The minimum atomic E-state index is -3.12. The predicted molar refractivity (Wildman–Crippen MR) is 76.0 cm³/mol. The number of nitrogens with one attached hydrogen (secondary N) is 2. The number of carbonyl (C=O) groups excluding carboxylic acids is 2. The summed E-state index contributed by atoms with van der Waals surface area (Å²) in [6.45, 7) is -0.129. The van der Waals surface area contributed by atoms with Crippen LogP contribution in [0.3, 0.4) is 0 Å². The Bertz CT molecular complexity index is 759. The normalized spacial score (nSPS) is 11.0. The van der Waals surface area contributed by atoms with E-state index in [1.165, 1.54) is 13.2 Å². The summed E-state index contributed by atoms with van der Waals surface area (Å²) in [6, 6.07) is 2.51. The lowest BCUT2D eigenvalue weighted by Gasteiger charge is -2.06. The number of fused-ring (bicyclic) bond motifs is 1. The molecule has 23 heavy (non-hydrogen) atoms. The molecule has 0 atom stereocenters. The van der Waals surface area contributed by atoms with E-state index in [1.54, 1.807) is 0 Å². The third-order valence-electron chi connectivity index (χ3n) is 3.30. The number of amides is 2. The smallest absolute Gasteiger partial charge is 0.315 e. The van der Waals surface area contributed by atoms with E-state index in [0.29, 0.717) is 16.5 Å². The number of benzene rings is 1. The highest BCUT2D eigenvalue weighted by Crippen LogP contribution is 2.29. The second-order valence-electron chi connectivity index (χ2n) is 4.72. The minimum Gasteiger partial charge on any atom is -0.494 e. The van der Waals surface area contributed by atoms with Crippen LogP contribution in [0.2, 0.25) is 0 Å². The number of hydrogen-bond acceptors (Lipinski definition) is 3. The monoisotopic (exact) mass is 329 g/mol. The van der Waals surface area contributed by atoms with E-state index >= 15 is 0 Å². The van der Waals surface area contributed by atoms with Crippen LogP contribution in [0.5, 0.6) is 5.75 Å². The molecule has 0 saturated carbocycles. The number of carbonyl (C=O) groups is 2. The summed E-state index contributed by atoms with van der Waals surface area (Å²) in [5, 5.41) is 2.49. The quantitative estimate of drug-likeness (QED) is 0.746. The van der Waals surface area contributed by atoms with Gasteiger partial charge in [0.05, 0.1) is 7.11 Å². The molecular weight excluding hydrogens is 315 g/mol. The molecule has 1 aromatic carbocycles. The van der Waals surface area contributed by atoms with Gasteiger partial charge in [-0.2, -0.15) is 8.78 Å². The molecule has 2 amide bonds. The maximum atomic E-state index is 13.7. The lowest BCUT2D eigenvalue weighted by molar-refractivity contribution is -0.131. The largest absolute Gasteiger partial charge is 0.494 e. The molecule has 0 radical (unpaired) electrons. The van der Waals surface area contributed by atoms with Crippen LogP contribution in [0.1, 0.15) is 16.1 Å². The summed E-state index contributed by atoms with van der Waals surface area (Å²) in [7, 11) is 1.29. The van der Waals surface area contributed by atoms with Gasteiger partial charge in [-0.25, -0.2) is 4.39 Å². The van der Waals surface area contributed by atoms with E-state index in [1.807, 2.05) is 5.32 Å². The number of ether oxygens (including phenoxy) is 1. The van der Waals surface area contributed by atoms with Gasteiger partial charge in [-0.3, -0.25) is 9.59 Å². The fraction of sp³-hybridized carbons (Fsp3) is 0.286. The summed E-state index contributed by atoms with van der Waals surface area (Å²) >= 11 is 0. The van der Waals surface area contributed by atoms with Crippen molar-refractivity contribution in [2.24, 2.45) is 5.73 Å². The van der Waals surface area contributed by atoms with Gasteiger partial charge in [0.15, 0.2) is 11.6 Å². The number of rotatable bonds is 6. The Morgan fingerprint density at radius 1 is 1.39 bits per heavy atom.